The lowest BCUT2D eigenvalue weighted by atomic mass is 10.0. The van der Waals surface area contributed by atoms with Crippen LogP contribution >= 0.6 is 11.6 Å². The lowest BCUT2D eigenvalue weighted by Gasteiger charge is -2.07. The zero-order valence-electron chi connectivity index (χ0n) is 8.56. The van der Waals surface area contributed by atoms with E-state index in [1.807, 2.05) is 39.0 Å². The fraction of sp³-hybridized carbons (Fsp3) is 0.250. The van der Waals surface area contributed by atoms with Gasteiger partial charge in [0, 0.05) is 11.1 Å². The van der Waals surface area contributed by atoms with E-state index in [1.165, 1.54) is 6.08 Å². The standard InChI is InChI=1S/C12H12ClN/c1-8(4-5-14)11-6-9(2)10(3)12(13)7-11/h4,6-7H,1-3H3/b8-4+. The first-order chi connectivity index (χ1) is 6.56. The Balaban J connectivity index is 3.27. The fourth-order valence-electron chi connectivity index (χ4n) is 1.22. The summed E-state index contributed by atoms with van der Waals surface area (Å²) >= 11 is 6.05. The number of allylic oxidation sites excluding steroid dienone is 2. The van der Waals surface area contributed by atoms with Crippen LogP contribution < -0.4 is 0 Å². The van der Waals surface area contributed by atoms with Crippen molar-refractivity contribution in [1.82, 2.24) is 0 Å². The lowest BCUT2D eigenvalue weighted by Crippen LogP contribution is -1.87. The van der Waals surface area contributed by atoms with E-state index >= 15 is 0 Å². The van der Waals surface area contributed by atoms with Crippen LogP contribution in [0, 0.1) is 25.2 Å². The van der Waals surface area contributed by atoms with Crippen LogP contribution in [0.15, 0.2) is 18.2 Å². The van der Waals surface area contributed by atoms with E-state index < -0.39 is 0 Å². The molecule has 2 heteroatoms. The summed E-state index contributed by atoms with van der Waals surface area (Å²) in [7, 11) is 0. The van der Waals surface area contributed by atoms with Gasteiger partial charge >= 0.3 is 0 Å². The van der Waals surface area contributed by atoms with Gasteiger partial charge in [0.25, 0.3) is 0 Å². The van der Waals surface area contributed by atoms with Gasteiger partial charge in [0.05, 0.1) is 6.07 Å². The second-order valence-corrected chi connectivity index (χ2v) is 3.76. The summed E-state index contributed by atoms with van der Waals surface area (Å²) in [5.41, 5.74) is 4.20. The van der Waals surface area contributed by atoms with Gasteiger partial charge in [0.1, 0.15) is 0 Å². The first kappa shape index (κ1) is 10.8. The average Bonchev–Trinajstić information content (AvgIpc) is 2.13. The summed E-state index contributed by atoms with van der Waals surface area (Å²) < 4.78 is 0. The number of hydrogen-bond donors (Lipinski definition) is 0. The highest BCUT2D eigenvalue weighted by Gasteiger charge is 2.03. The van der Waals surface area contributed by atoms with Gasteiger partial charge in [-0.1, -0.05) is 17.7 Å². The van der Waals surface area contributed by atoms with Crippen LogP contribution in [0.1, 0.15) is 23.6 Å². The highest BCUT2D eigenvalue weighted by molar-refractivity contribution is 6.31. The molecule has 0 fully saturated rings. The Hall–Kier alpha value is -1.26. The predicted octanol–water partition coefficient (Wildman–Crippen LogP) is 3.88. The van der Waals surface area contributed by atoms with Crippen molar-refractivity contribution in [3.8, 4) is 6.07 Å². The number of aryl methyl sites for hydroxylation is 1. The van der Waals surface area contributed by atoms with Crippen LogP contribution in [0.25, 0.3) is 5.57 Å². The Morgan fingerprint density at radius 1 is 1.43 bits per heavy atom. The minimum absolute atomic E-state index is 0.755. The maximum Gasteiger partial charge on any atom is 0.0915 e. The maximum atomic E-state index is 8.53. The van der Waals surface area contributed by atoms with Crippen molar-refractivity contribution in [1.29, 1.82) is 5.26 Å². The molecule has 1 rings (SSSR count). The number of nitriles is 1. The largest absolute Gasteiger partial charge is 0.193 e. The molecule has 0 aromatic heterocycles. The van der Waals surface area contributed by atoms with Gasteiger partial charge in [-0.3, -0.25) is 0 Å². The third kappa shape index (κ3) is 2.16. The molecule has 0 radical (unpaired) electrons. The van der Waals surface area contributed by atoms with Crippen molar-refractivity contribution in [3.63, 3.8) is 0 Å². The molecule has 1 nitrogen and oxygen atoms in total. The monoisotopic (exact) mass is 205 g/mol. The van der Waals surface area contributed by atoms with E-state index in [1.54, 1.807) is 0 Å². The highest BCUT2D eigenvalue weighted by Crippen LogP contribution is 2.24. The van der Waals surface area contributed by atoms with Crippen LogP contribution in [0.5, 0.6) is 0 Å². The second kappa shape index (κ2) is 4.30. The number of benzene rings is 1. The SMILES string of the molecule is C/C(=C\C#N)c1cc(C)c(C)c(Cl)c1. The summed E-state index contributed by atoms with van der Waals surface area (Å²) in [6, 6.07) is 5.96. The lowest BCUT2D eigenvalue weighted by molar-refractivity contribution is 1.32. The van der Waals surface area contributed by atoms with Crippen LogP contribution in [-0.4, -0.2) is 0 Å². The van der Waals surface area contributed by atoms with Crippen LogP contribution in [-0.2, 0) is 0 Å². The Labute approximate surface area is 89.6 Å². The average molecular weight is 206 g/mol. The van der Waals surface area contributed by atoms with Crippen molar-refractivity contribution in [2.45, 2.75) is 20.8 Å². The van der Waals surface area contributed by atoms with Crippen LogP contribution in [0.4, 0.5) is 0 Å². The van der Waals surface area contributed by atoms with Gasteiger partial charge in [0.2, 0.25) is 0 Å². The second-order valence-electron chi connectivity index (χ2n) is 3.36. The van der Waals surface area contributed by atoms with E-state index in [4.69, 9.17) is 16.9 Å². The molecule has 0 saturated heterocycles. The number of hydrogen-bond acceptors (Lipinski definition) is 1. The zero-order chi connectivity index (χ0) is 10.7. The molecule has 0 amide bonds. The summed E-state index contributed by atoms with van der Waals surface area (Å²) in [6.45, 7) is 5.92. The van der Waals surface area contributed by atoms with Gasteiger partial charge in [-0.25, -0.2) is 0 Å². The quantitative estimate of drug-likeness (QED) is 0.639. The molecule has 0 aliphatic rings. The van der Waals surface area contributed by atoms with Crippen LogP contribution in [0.3, 0.4) is 0 Å². The Bertz CT molecular complexity index is 401. The minimum Gasteiger partial charge on any atom is -0.193 e. The topological polar surface area (TPSA) is 23.8 Å². The molecular formula is C12H12ClN. The molecule has 1 aromatic carbocycles. The molecule has 0 bridgehead atoms. The Kier molecular flexibility index (Phi) is 3.33. The van der Waals surface area contributed by atoms with Crippen LogP contribution in [0.2, 0.25) is 5.02 Å². The molecule has 0 aliphatic heterocycles. The molecule has 0 spiro atoms. The third-order valence-electron chi connectivity index (χ3n) is 2.34. The van der Waals surface area contributed by atoms with Crippen molar-refractivity contribution in [3.05, 3.63) is 39.9 Å². The first-order valence-corrected chi connectivity index (χ1v) is 4.77. The number of halogens is 1. The van der Waals surface area contributed by atoms with Gasteiger partial charge in [0.15, 0.2) is 0 Å². The van der Waals surface area contributed by atoms with Crippen molar-refractivity contribution in [2.24, 2.45) is 0 Å². The molecule has 0 N–H and O–H groups in total. The molecule has 0 saturated carbocycles. The third-order valence-corrected chi connectivity index (χ3v) is 2.73. The molecule has 0 atom stereocenters. The molecular weight excluding hydrogens is 194 g/mol. The summed E-state index contributed by atoms with van der Waals surface area (Å²) in [5.74, 6) is 0. The van der Waals surface area contributed by atoms with E-state index in [0.717, 1.165) is 27.3 Å². The molecule has 0 unspecified atom stereocenters. The van der Waals surface area contributed by atoms with E-state index in [2.05, 4.69) is 0 Å². The van der Waals surface area contributed by atoms with Crippen molar-refractivity contribution >= 4 is 17.2 Å². The van der Waals surface area contributed by atoms with E-state index in [9.17, 15) is 0 Å². The predicted molar refractivity (Wildman–Crippen MR) is 60.2 cm³/mol. The van der Waals surface area contributed by atoms with Gasteiger partial charge in [-0.05, 0) is 49.1 Å². The molecule has 72 valence electrons. The minimum atomic E-state index is 0.755. The fourth-order valence-corrected chi connectivity index (χ4v) is 1.49. The maximum absolute atomic E-state index is 8.53. The van der Waals surface area contributed by atoms with Gasteiger partial charge < -0.3 is 0 Å². The zero-order valence-corrected chi connectivity index (χ0v) is 9.31. The summed E-state index contributed by atoms with van der Waals surface area (Å²) in [4.78, 5) is 0. The van der Waals surface area contributed by atoms with Gasteiger partial charge in [-0.15, -0.1) is 0 Å². The summed E-state index contributed by atoms with van der Waals surface area (Å²) in [5, 5.41) is 9.29. The molecule has 0 aliphatic carbocycles. The number of rotatable bonds is 1. The van der Waals surface area contributed by atoms with Crippen molar-refractivity contribution in [2.75, 3.05) is 0 Å². The normalized spacial score (nSPS) is 11.2. The van der Waals surface area contributed by atoms with Crippen molar-refractivity contribution < 1.29 is 0 Å². The van der Waals surface area contributed by atoms with E-state index in [0.29, 0.717) is 0 Å². The number of nitrogens with zero attached hydrogens (tertiary/aromatic N) is 1. The highest BCUT2D eigenvalue weighted by atomic mass is 35.5. The molecule has 1 aromatic rings. The Morgan fingerprint density at radius 2 is 2.07 bits per heavy atom. The van der Waals surface area contributed by atoms with Gasteiger partial charge in [-0.2, -0.15) is 5.26 Å². The van der Waals surface area contributed by atoms with E-state index in [-0.39, 0.29) is 0 Å². The molecule has 14 heavy (non-hydrogen) atoms. The summed E-state index contributed by atoms with van der Waals surface area (Å²) in [6.07, 6.45) is 1.53. The Morgan fingerprint density at radius 3 is 2.57 bits per heavy atom. The smallest absolute Gasteiger partial charge is 0.0915 e. The first-order valence-electron chi connectivity index (χ1n) is 4.39. The molecule has 0 heterocycles.